The van der Waals surface area contributed by atoms with Crippen molar-refractivity contribution in [1.82, 2.24) is 24.4 Å². The molecule has 3 aromatic carbocycles. The van der Waals surface area contributed by atoms with Crippen molar-refractivity contribution in [3.05, 3.63) is 111 Å². The van der Waals surface area contributed by atoms with Gasteiger partial charge in [-0.2, -0.15) is 9.97 Å². The van der Waals surface area contributed by atoms with Gasteiger partial charge in [-0.15, -0.1) is 0 Å². The van der Waals surface area contributed by atoms with Crippen LogP contribution in [0.5, 0.6) is 0 Å². The molecule has 0 bridgehead atoms. The molecule has 0 saturated heterocycles. The number of anilines is 2. The van der Waals surface area contributed by atoms with Crippen LogP contribution in [0, 0.1) is 5.82 Å². The molecule has 0 fully saturated rings. The van der Waals surface area contributed by atoms with E-state index < -0.39 is 0 Å². The Morgan fingerprint density at radius 1 is 0.952 bits per heavy atom. The number of carbonyl (C=O) groups excluding carboxylic acids is 1. The Hall–Kier alpha value is -3.92. The van der Waals surface area contributed by atoms with E-state index in [1.54, 1.807) is 48.6 Å². The molecule has 0 spiro atoms. The highest BCUT2D eigenvalue weighted by Gasteiger charge is 2.18. The Morgan fingerprint density at radius 2 is 1.67 bits per heavy atom. The molecule has 1 N–H and O–H groups in total. The highest BCUT2D eigenvalue weighted by atomic mass is 35.5. The predicted molar refractivity (Wildman–Crippen MR) is 166 cm³/mol. The van der Waals surface area contributed by atoms with Crippen molar-refractivity contribution in [2.75, 3.05) is 37.4 Å². The first-order chi connectivity index (χ1) is 20.2. The van der Waals surface area contributed by atoms with Gasteiger partial charge in [-0.1, -0.05) is 65.1 Å². The number of hydrogen-bond donors (Lipinski definition) is 1. The van der Waals surface area contributed by atoms with Crippen LogP contribution in [0.2, 0.25) is 15.1 Å². The van der Waals surface area contributed by atoms with Crippen LogP contribution in [0.25, 0.3) is 11.2 Å². The molecular formula is C30H27Cl3FN7O. The van der Waals surface area contributed by atoms with Crippen LogP contribution in [-0.2, 0) is 13.1 Å². The second-order valence-corrected chi connectivity index (χ2v) is 11.1. The zero-order valence-corrected chi connectivity index (χ0v) is 25.1. The summed E-state index contributed by atoms with van der Waals surface area (Å²) in [6, 6.07) is 18.6. The predicted octanol–water partition coefficient (Wildman–Crippen LogP) is 6.79. The topological polar surface area (TPSA) is 79.2 Å². The first-order valence-electron chi connectivity index (χ1n) is 13.0. The van der Waals surface area contributed by atoms with Crippen LogP contribution in [0.4, 0.5) is 16.2 Å². The maximum absolute atomic E-state index is 13.4. The molecule has 8 nitrogen and oxygen atoms in total. The standard InChI is InChI=1S/C30H27Cl3FN7O/c1-39(29(42)21-13-22(31)15-23(32)14-21)11-12-40(2)30-37-27(35-16-19-7-9-24(34)10-8-19)26-28(38-30)41(18-36-26)17-20-5-3-4-6-25(20)33/h3-10,13-15,18H,11-12,16-17H2,1-2H3,(H,35,37,38). The Bertz CT molecular complexity index is 1710. The van der Waals surface area contributed by atoms with Gasteiger partial charge in [-0.05, 0) is 47.5 Å². The quantitative estimate of drug-likeness (QED) is 0.184. The van der Waals surface area contributed by atoms with Crippen LogP contribution in [-0.4, -0.2) is 57.5 Å². The van der Waals surface area contributed by atoms with Gasteiger partial charge in [-0.25, -0.2) is 9.37 Å². The summed E-state index contributed by atoms with van der Waals surface area (Å²) in [4.78, 5) is 30.6. The third-order valence-corrected chi connectivity index (χ3v) is 7.50. The van der Waals surface area contributed by atoms with Gasteiger partial charge in [0, 0.05) is 54.4 Å². The van der Waals surface area contributed by atoms with E-state index in [9.17, 15) is 9.18 Å². The number of likely N-dealkylation sites (N-methyl/N-ethyl adjacent to an activating group) is 2. The molecule has 12 heteroatoms. The number of aromatic nitrogens is 4. The van der Waals surface area contributed by atoms with E-state index in [1.165, 1.54) is 12.1 Å². The van der Waals surface area contributed by atoms with Crippen LogP contribution in [0.1, 0.15) is 21.5 Å². The first-order valence-corrected chi connectivity index (χ1v) is 14.2. The lowest BCUT2D eigenvalue weighted by Crippen LogP contribution is -2.35. The molecule has 2 aromatic heterocycles. The van der Waals surface area contributed by atoms with E-state index in [-0.39, 0.29) is 11.7 Å². The van der Waals surface area contributed by atoms with Gasteiger partial charge in [0.15, 0.2) is 17.0 Å². The molecule has 0 saturated carbocycles. The zero-order valence-electron chi connectivity index (χ0n) is 22.9. The van der Waals surface area contributed by atoms with E-state index in [0.717, 1.165) is 11.1 Å². The number of halogens is 4. The van der Waals surface area contributed by atoms with E-state index in [1.807, 2.05) is 40.8 Å². The molecule has 0 aliphatic heterocycles. The molecule has 2 heterocycles. The van der Waals surface area contributed by atoms with Gasteiger partial charge in [0.2, 0.25) is 5.95 Å². The Labute approximate surface area is 257 Å². The summed E-state index contributed by atoms with van der Waals surface area (Å²) >= 11 is 18.6. The molecule has 5 aromatic rings. The molecule has 0 atom stereocenters. The van der Waals surface area contributed by atoms with Gasteiger partial charge < -0.3 is 19.7 Å². The summed E-state index contributed by atoms with van der Waals surface area (Å²) in [5, 5.41) is 4.77. The van der Waals surface area contributed by atoms with Crippen molar-refractivity contribution >= 4 is 63.6 Å². The zero-order chi connectivity index (χ0) is 29.8. The third-order valence-electron chi connectivity index (χ3n) is 6.69. The monoisotopic (exact) mass is 625 g/mol. The number of imidazole rings is 1. The lowest BCUT2D eigenvalue weighted by Gasteiger charge is -2.23. The van der Waals surface area contributed by atoms with Crippen molar-refractivity contribution < 1.29 is 9.18 Å². The molecule has 1 amide bonds. The number of hydrogen-bond acceptors (Lipinski definition) is 6. The van der Waals surface area contributed by atoms with Gasteiger partial charge in [-0.3, -0.25) is 4.79 Å². The molecule has 216 valence electrons. The van der Waals surface area contributed by atoms with Gasteiger partial charge in [0.1, 0.15) is 5.82 Å². The molecule has 5 rings (SSSR count). The number of nitrogens with one attached hydrogen (secondary N) is 1. The van der Waals surface area contributed by atoms with Crippen molar-refractivity contribution in [3.63, 3.8) is 0 Å². The summed E-state index contributed by atoms with van der Waals surface area (Å²) in [5.41, 5.74) is 3.42. The van der Waals surface area contributed by atoms with Gasteiger partial charge in [0.05, 0.1) is 12.9 Å². The fourth-order valence-corrected chi connectivity index (χ4v) is 5.06. The lowest BCUT2D eigenvalue weighted by molar-refractivity contribution is 0.0798. The third kappa shape index (κ3) is 6.92. The minimum absolute atomic E-state index is 0.205. The minimum atomic E-state index is -0.299. The largest absolute Gasteiger partial charge is 0.364 e. The smallest absolute Gasteiger partial charge is 0.253 e. The number of carbonyl (C=O) groups is 1. The summed E-state index contributed by atoms with van der Waals surface area (Å²) in [5.74, 6) is 0.467. The van der Waals surface area contributed by atoms with Gasteiger partial charge >= 0.3 is 0 Å². The van der Waals surface area contributed by atoms with Crippen molar-refractivity contribution in [3.8, 4) is 0 Å². The maximum Gasteiger partial charge on any atom is 0.253 e. The van der Waals surface area contributed by atoms with Crippen LogP contribution < -0.4 is 10.2 Å². The van der Waals surface area contributed by atoms with Crippen molar-refractivity contribution in [1.29, 1.82) is 0 Å². The van der Waals surface area contributed by atoms with E-state index in [0.29, 0.717) is 69.7 Å². The van der Waals surface area contributed by atoms with E-state index in [4.69, 9.17) is 44.8 Å². The molecular weight excluding hydrogens is 600 g/mol. The SMILES string of the molecule is CN(CCN(C)c1nc(NCc2ccc(F)cc2)c2ncn(Cc3ccccc3Cl)c2n1)C(=O)c1cc(Cl)cc(Cl)c1. The fraction of sp³-hybridized carbons (Fsp3) is 0.200. The second-order valence-electron chi connectivity index (χ2n) is 9.79. The summed E-state index contributed by atoms with van der Waals surface area (Å²) < 4.78 is 15.3. The second kappa shape index (κ2) is 12.9. The van der Waals surface area contributed by atoms with Crippen LogP contribution in [0.3, 0.4) is 0 Å². The summed E-state index contributed by atoms with van der Waals surface area (Å²) in [7, 11) is 3.57. The average molecular weight is 627 g/mol. The number of benzene rings is 3. The molecule has 0 radical (unpaired) electrons. The van der Waals surface area contributed by atoms with Crippen LogP contribution >= 0.6 is 34.8 Å². The highest BCUT2D eigenvalue weighted by molar-refractivity contribution is 6.35. The average Bonchev–Trinajstić information content (AvgIpc) is 3.38. The normalized spacial score (nSPS) is 11.1. The van der Waals surface area contributed by atoms with Crippen LogP contribution in [0.15, 0.2) is 73.1 Å². The van der Waals surface area contributed by atoms with Gasteiger partial charge in [0.25, 0.3) is 5.91 Å². The lowest BCUT2D eigenvalue weighted by atomic mass is 10.2. The molecule has 0 aliphatic carbocycles. The summed E-state index contributed by atoms with van der Waals surface area (Å²) in [6.45, 7) is 1.70. The number of nitrogens with zero attached hydrogens (tertiary/aromatic N) is 6. The Kier molecular flexibility index (Phi) is 9.11. The first kappa shape index (κ1) is 29.6. The van der Waals surface area contributed by atoms with Crippen molar-refractivity contribution in [2.45, 2.75) is 13.1 Å². The molecule has 42 heavy (non-hydrogen) atoms. The fourth-order valence-electron chi connectivity index (χ4n) is 4.34. The number of amides is 1. The Morgan fingerprint density at radius 3 is 2.38 bits per heavy atom. The maximum atomic E-state index is 13.4. The van der Waals surface area contributed by atoms with E-state index in [2.05, 4.69) is 10.3 Å². The van der Waals surface area contributed by atoms with Crippen molar-refractivity contribution in [2.24, 2.45) is 0 Å². The number of fused-ring (bicyclic) bond motifs is 1. The highest BCUT2D eigenvalue weighted by Crippen LogP contribution is 2.25. The Balaban J connectivity index is 1.40. The number of rotatable bonds is 10. The molecule has 0 unspecified atom stereocenters. The summed E-state index contributed by atoms with van der Waals surface area (Å²) in [6.07, 6.45) is 1.71. The molecule has 0 aliphatic rings. The minimum Gasteiger partial charge on any atom is -0.364 e. The van der Waals surface area contributed by atoms with E-state index >= 15 is 0 Å².